The Morgan fingerprint density at radius 1 is 1.14 bits per heavy atom. The average Bonchev–Trinajstić information content (AvgIpc) is 2.97. The second-order valence-corrected chi connectivity index (χ2v) is 8.89. The highest BCUT2D eigenvalue weighted by atomic mass is 79.9. The summed E-state index contributed by atoms with van der Waals surface area (Å²) in [5.41, 5.74) is 1.37. The zero-order chi connectivity index (χ0) is 19.9. The maximum absolute atomic E-state index is 13.4. The molecule has 0 atom stereocenters. The molecule has 1 heterocycles. The Morgan fingerprint density at radius 2 is 1.75 bits per heavy atom. The first kappa shape index (κ1) is 19.4. The fourth-order valence-electron chi connectivity index (χ4n) is 3.96. The maximum Gasteiger partial charge on any atom is 0.260 e. The smallest absolute Gasteiger partial charge is 0.260 e. The van der Waals surface area contributed by atoms with Gasteiger partial charge >= 0.3 is 0 Å². The zero-order valence-corrected chi connectivity index (χ0v) is 17.9. The van der Waals surface area contributed by atoms with Gasteiger partial charge in [-0.05, 0) is 68.0 Å². The molecule has 2 aliphatic rings. The molecule has 1 spiro atoms. The van der Waals surface area contributed by atoms with E-state index in [1.165, 1.54) is 24.3 Å². The molecule has 1 amide bonds. The second-order valence-electron chi connectivity index (χ2n) is 7.58. The van der Waals surface area contributed by atoms with Crippen LogP contribution >= 0.6 is 28.1 Å². The molecule has 4 rings (SSSR count). The standard InChI is InChI=1S/C22H20BrFN2OS/c1-14-10-12-22(13-11-14)25-19(15-2-6-17(23)7-3-15)21(28)26(22)20(27)16-4-8-18(24)9-5-16/h2-9,14H,10-13H2,1H3. The highest BCUT2D eigenvalue weighted by Crippen LogP contribution is 2.42. The lowest BCUT2D eigenvalue weighted by Gasteiger charge is -2.40. The van der Waals surface area contributed by atoms with E-state index >= 15 is 0 Å². The van der Waals surface area contributed by atoms with Crippen LogP contribution in [0.15, 0.2) is 58.0 Å². The maximum atomic E-state index is 13.4. The van der Waals surface area contributed by atoms with Crippen LogP contribution in [0.5, 0.6) is 0 Å². The normalized spacial score (nSPS) is 24.5. The fourth-order valence-corrected chi connectivity index (χ4v) is 4.64. The summed E-state index contributed by atoms with van der Waals surface area (Å²) in [6, 6.07) is 13.4. The van der Waals surface area contributed by atoms with Crippen LogP contribution in [0.25, 0.3) is 0 Å². The highest BCUT2D eigenvalue weighted by Gasteiger charge is 2.49. The number of halogens is 2. The van der Waals surface area contributed by atoms with Crippen molar-refractivity contribution in [3.05, 3.63) is 69.9 Å². The van der Waals surface area contributed by atoms with Crippen molar-refractivity contribution in [2.45, 2.75) is 38.3 Å². The summed E-state index contributed by atoms with van der Waals surface area (Å²) in [4.78, 5) is 20.6. The topological polar surface area (TPSA) is 32.7 Å². The van der Waals surface area contributed by atoms with Crippen LogP contribution in [0.2, 0.25) is 0 Å². The van der Waals surface area contributed by atoms with Gasteiger partial charge in [-0.25, -0.2) is 4.39 Å². The van der Waals surface area contributed by atoms with Crippen molar-refractivity contribution in [2.75, 3.05) is 0 Å². The third kappa shape index (κ3) is 3.44. The molecule has 0 bridgehead atoms. The van der Waals surface area contributed by atoms with Gasteiger partial charge in [0.25, 0.3) is 5.91 Å². The van der Waals surface area contributed by atoms with Gasteiger partial charge in [-0.3, -0.25) is 14.7 Å². The minimum absolute atomic E-state index is 0.213. The molecule has 1 fully saturated rings. The van der Waals surface area contributed by atoms with Crippen LogP contribution in [0.4, 0.5) is 4.39 Å². The zero-order valence-electron chi connectivity index (χ0n) is 15.5. The Kier molecular flexibility index (Phi) is 5.19. The summed E-state index contributed by atoms with van der Waals surface area (Å²) in [6.07, 6.45) is 3.54. The summed E-state index contributed by atoms with van der Waals surface area (Å²) in [5.74, 6) is 0.0258. The lowest BCUT2D eigenvalue weighted by molar-refractivity contribution is 0.0613. The van der Waals surface area contributed by atoms with E-state index in [-0.39, 0.29) is 11.7 Å². The number of amides is 1. The minimum Gasteiger partial charge on any atom is -0.271 e. The molecular formula is C22H20BrFN2OS. The van der Waals surface area contributed by atoms with Gasteiger partial charge in [-0.15, -0.1) is 0 Å². The highest BCUT2D eigenvalue weighted by molar-refractivity contribution is 9.10. The molecule has 144 valence electrons. The Hall–Kier alpha value is -1.92. The first-order valence-electron chi connectivity index (χ1n) is 9.40. The largest absolute Gasteiger partial charge is 0.271 e. The van der Waals surface area contributed by atoms with E-state index in [0.717, 1.165) is 35.7 Å². The molecule has 28 heavy (non-hydrogen) atoms. The van der Waals surface area contributed by atoms with Gasteiger partial charge in [0.05, 0.1) is 0 Å². The van der Waals surface area contributed by atoms with Crippen LogP contribution in [-0.4, -0.2) is 27.2 Å². The van der Waals surface area contributed by atoms with Crippen molar-refractivity contribution < 1.29 is 9.18 Å². The summed E-state index contributed by atoms with van der Waals surface area (Å²) < 4.78 is 14.3. The predicted octanol–water partition coefficient (Wildman–Crippen LogP) is 5.77. The molecule has 0 unspecified atom stereocenters. The van der Waals surface area contributed by atoms with Gasteiger partial charge in [0.15, 0.2) is 0 Å². The average molecular weight is 459 g/mol. The summed E-state index contributed by atoms with van der Waals surface area (Å²) in [7, 11) is 0. The van der Waals surface area contributed by atoms with Crippen LogP contribution in [0.1, 0.15) is 48.5 Å². The number of hydrogen-bond donors (Lipinski definition) is 0. The molecule has 2 aromatic carbocycles. The molecule has 1 aliphatic heterocycles. The summed E-state index contributed by atoms with van der Waals surface area (Å²) >= 11 is 9.20. The number of nitrogens with zero attached hydrogens (tertiary/aromatic N) is 2. The van der Waals surface area contributed by atoms with Crippen molar-refractivity contribution in [3.63, 3.8) is 0 Å². The van der Waals surface area contributed by atoms with Crippen molar-refractivity contribution in [3.8, 4) is 0 Å². The van der Waals surface area contributed by atoms with Gasteiger partial charge in [-0.1, -0.05) is 47.2 Å². The first-order chi connectivity index (χ1) is 13.4. The Balaban J connectivity index is 1.76. The number of rotatable bonds is 2. The fraction of sp³-hybridized carbons (Fsp3) is 0.318. The van der Waals surface area contributed by atoms with Gasteiger partial charge in [0.2, 0.25) is 0 Å². The van der Waals surface area contributed by atoms with Crippen molar-refractivity contribution in [1.82, 2.24) is 4.90 Å². The molecule has 1 aliphatic carbocycles. The number of carbonyl (C=O) groups is 1. The number of aliphatic imine (C=N–C) groups is 1. The van der Waals surface area contributed by atoms with Crippen molar-refractivity contribution >= 4 is 44.8 Å². The Morgan fingerprint density at radius 3 is 2.36 bits per heavy atom. The molecule has 0 saturated heterocycles. The first-order valence-corrected chi connectivity index (χ1v) is 10.6. The molecule has 2 aromatic rings. The lowest BCUT2D eigenvalue weighted by atomic mass is 9.82. The second kappa shape index (κ2) is 7.48. The Labute approximate surface area is 177 Å². The van der Waals surface area contributed by atoms with Gasteiger partial charge in [0, 0.05) is 15.6 Å². The van der Waals surface area contributed by atoms with E-state index in [9.17, 15) is 9.18 Å². The van der Waals surface area contributed by atoms with Gasteiger partial charge in [0.1, 0.15) is 22.2 Å². The minimum atomic E-state index is -0.641. The molecule has 0 radical (unpaired) electrons. The molecule has 0 aromatic heterocycles. The molecule has 1 saturated carbocycles. The van der Waals surface area contributed by atoms with E-state index in [2.05, 4.69) is 22.9 Å². The third-order valence-corrected chi connectivity index (χ3v) is 6.53. The number of thiocarbonyl (C=S) groups is 1. The molecule has 6 heteroatoms. The molecule has 3 nitrogen and oxygen atoms in total. The molecular weight excluding hydrogens is 439 g/mol. The van der Waals surface area contributed by atoms with Gasteiger partial charge < -0.3 is 0 Å². The summed E-state index contributed by atoms with van der Waals surface area (Å²) in [6.45, 7) is 2.23. The van der Waals surface area contributed by atoms with Crippen LogP contribution in [0.3, 0.4) is 0 Å². The lowest BCUT2D eigenvalue weighted by Crippen LogP contribution is -2.51. The van der Waals surface area contributed by atoms with E-state index in [0.29, 0.717) is 22.2 Å². The van der Waals surface area contributed by atoms with E-state index in [1.807, 2.05) is 24.3 Å². The van der Waals surface area contributed by atoms with E-state index in [1.54, 1.807) is 4.90 Å². The SMILES string of the molecule is CC1CCC2(CC1)N=C(c1ccc(Br)cc1)C(=S)N2C(=O)c1ccc(F)cc1. The van der Waals surface area contributed by atoms with E-state index < -0.39 is 5.66 Å². The summed E-state index contributed by atoms with van der Waals surface area (Å²) in [5, 5.41) is 0. The number of benzene rings is 2. The van der Waals surface area contributed by atoms with E-state index in [4.69, 9.17) is 17.2 Å². The third-order valence-electron chi connectivity index (χ3n) is 5.63. The van der Waals surface area contributed by atoms with Gasteiger partial charge in [-0.2, -0.15) is 0 Å². The number of hydrogen-bond acceptors (Lipinski definition) is 3. The van der Waals surface area contributed by atoms with Crippen molar-refractivity contribution in [1.29, 1.82) is 0 Å². The number of carbonyl (C=O) groups excluding carboxylic acids is 1. The molecule has 0 N–H and O–H groups in total. The monoisotopic (exact) mass is 458 g/mol. The van der Waals surface area contributed by atoms with Crippen LogP contribution in [0, 0.1) is 11.7 Å². The Bertz CT molecular complexity index is 948. The quantitative estimate of drug-likeness (QED) is 0.535. The van der Waals surface area contributed by atoms with Crippen molar-refractivity contribution in [2.24, 2.45) is 10.9 Å². The predicted molar refractivity (Wildman–Crippen MR) is 116 cm³/mol. The van der Waals surface area contributed by atoms with Crippen LogP contribution < -0.4 is 0 Å². The van der Waals surface area contributed by atoms with Crippen LogP contribution in [-0.2, 0) is 0 Å².